The van der Waals surface area contributed by atoms with Gasteiger partial charge in [0.25, 0.3) is 0 Å². The molecule has 1 aromatic carbocycles. The highest BCUT2D eigenvalue weighted by Crippen LogP contribution is 2.45. The van der Waals surface area contributed by atoms with Crippen LogP contribution in [0, 0.1) is 5.92 Å². The number of phosphoric ester groups is 1. The summed E-state index contributed by atoms with van der Waals surface area (Å²) in [6, 6.07) is 3.04. The number of imidazole rings is 1. The number of unbranched alkanes of at least 4 members (excludes halogenated alkanes) is 1. The average molecular weight is 807 g/mol. The fraction of sp³-hybridized carbons (Fsp3) is 0.583. The van der Waals surface area contributed by atoms with E-state index in [4.69, 9.17) is 14.8 Å². The SMILES string of the molecule is CC(=O)N1CCCC1C(=O)NC(CC(C)C)C(=O)NC(Cc1cnc[nH]1)C(=O)NC(CO)C(=O)NC(C(N)=O)C(C)OP(=O)(O)OCCCCc1ccccc1. The van der Waals surface area contributed by atoms with Gasteiger partial charge >= 0.3 is 7.82 Å². The first-order valence-corrected chi connectivity index (χ1v) is 20.1. The maximum Gasteiger partial charge on any atom is 0.472 e. The number of nitrogens with zero attached hydrogens (tertiary/aromatic N) is 2. The van der Waals surface area contributed by atoms with E-state index < -0.39 is 80.3 Å². The number of carbonyl (C=O) groups excluding carboxylic acids is 6. The number of aliphatic hydroxyl groups is 1. The highest BCUT2D eigenvalue weighted by Gasteiger charge is 2.37. The smallest absolute Gasteiger partial charge is 0.394 e. The van der Waals surface area contributed by atoms with E-state index in [0.29, 0.717) is 37.9 Å². The zero-order chi connectivity index (χ0) is 41.4. The predicted octanol–water partition coefficient (Wildman–Crippen LogP) is -0.0290. The minimum Gasteiger partial charge on any atom is -0.394 e. The van der Waals surface area contributed by atoms with Crippen molar-refractivity contribution in [3.8, 4) is 0 Å². The van der Waals surface area contributed by atoms with E-state index in [-0.39, 0.29) is 31.3 Å². The Kier molecular flexibility index (Phi) is 18.1. The lowest BCUT2D eigenvalue weighted by Crippen LogP contribution is -2.61. The van der Waals surface area contributed by atoms with E-state index in [1.807, 2.05) is 44.2 Å². The molecule has 310 valence electrons. The molecule has 0 bridgehead atoms. The van der Waals surface area contributed by atoms with Crippen LogP contribution < -0.4 is 27.0 Å². The number of aromatic nitrogens is 2. The Morgan fingerprint density at radius 3 is 2.25 bits per heavy atom. The largest absolute Gasteiger partial charge is 0.472 e. The topological polar surface area (TPSA) is 284 Å². The number of rotatable bonds is 23. The van der Waals surface area contributed by atoms with Crippen molar-refractivity contribution in [1.29, 1.82) is 0 Å². The van der Waals surface area contributed by atoms with Crippen LogP contribution in [0.4, 0.5) is 0 Å². The molecule has 1 saturated heterocycles. The van der Waals surface area contributed by atoms with Gasteiger partial charge in [-0.15, -0.1) is 0 Å². The lowest BCUT2D eigenvalue weighted by atomic mass is 10.0. The van der Waals surface area contributed by atoms with Crippen LogP contribution in [-0.4, -0.2) is 116 Å². The Labute approximate surface area is 325 Å². The third-order valence-corrected chi connectivity index (χ3v) is 10.2. The number of amides is 6. The van der Waals surface area contributed by atoms with Gasteiger partial charge in [0.05, 0.1) is 25.6 Å². The zero-order valence-electron chi connectivity index (χ0n) is 32.1. The molecule has 19 nitrogen and oxygen atoms in total. The molecule has 0 spiro atoms. The minimum atomic E-state index is -4.72. The Bertz CT molecular complexity index is 1660. The molecule has 7 unspecified atom stereocenters. The summed E-state index contributed by atoms with van der Waals surface area (Å²) in [6.07, 6.45) is 4.22. The monoisotopic (exact) mass is 806 g/mol. The van der Waals surface area contributed by atoms with Crippen molar-refractivity contribution in [1.82, 2.24) is 36.1 Å². The van der Waals surface area contributed by atoms with E-state index >= 15 is 0 Å². The normalized spacial score (nSPS) is 17.8. The number of aliphatic hydroxyl groups excluding tert-OH is 1. The molecule has 20 heteroatoms. The molecule has 56 heavy (non-hydrogen) atoms. The highest BCUT2D eigenvalue weighted by molar-refractivity contribution is 7.47. The number of nitrogens with one attached hydrogen (secondary N) is 5. The van der Waals surface area contributed by atoms with Crippen LogP contribution in [0.2, 0.25) is 0 Å². The molecule has 1 aliphatic heterocycles. The summed E-state index contributed by atoms with van der Waals surface area (Å²) < 4.78 is 22.8. The van der Waals surface area contributed by atoms with Crippen LogP contribution in [0.5, 0.6) is 0 Å². The number of H-pyrrole nitrogens is 1. The average Bonchev–Trinajstić information content (AvgIpc) is 3.85. The number of benzene rings is 1. The maximum absolute atomic E-state index is 13.7. The van der Waals surface area contributed by atoms with Gasteiger partial charge in [-0.05, 0) is 56.9 Å². The fourth-order valence-corrected chi connectivity index (χ4v) is 7.14. The number of phosphoric acid groups is 1. The molecule has 6 amide bonds. The molecule has 3 rings (SSSR count). The Morgan fingerprint density at radius 2 is 1.64 bits per heavy atom. The molecular weight excluding hydrogens is 751 g/mol. The third kappa shape index (κ3) is 14.8. The van der Waals surface area contributed by atoms with Crippen LogP contribution in [0.15, 0.2) is 42.9 Å². The highest BCUT2D eigenvalue weighted by atomic mass is 31.2. The lowest BCUT2D eigenvalue weighted by Gasteiger charge is -2.28. The summed E-state index contributed by atoms with van der Waals surface area (Å²) in [4.78, 5) is 96.7. The van der Waals surface area contributed by atoms with Gasteiger partial charge in [0.1, 0.15) is 30.2 Å². The van der Waals surface area contributed by atoms with Crippen molar-refractivity contribution < 1.29 is 52.4 Å². The van der Waals surface area contributed by atoms with Gasteiger partial charge in [-0.1, -0.05) is 44.2 Å². The Hall–Kier alpha value is -4.68. The van der Waals surface area contributed by atoms with Gasteiger partial charge in [0.15, 0.2) is 0 Å². The molecular formula is C36H55N8O11P. The molecule has 7 atom stereocenters. The van der Waals surface area contributed by atoms with Gasteiger partial charge in [0.2, 0.25) is 35.4 Å². The zero-order valence-corrected chi connectivity index (χ0v) is 33.0. The molecule has 1 aliphatic rings. The van der Waals surface area contributed by atoms with Crippen molar-refractivity contribution in [3.05, 3.63) is 54.1 Å². The van der Waals surface area contributed by atoms with Crippen LogP contribution in [0.1, 0.15) is 71.1 Å². The van der Waals surface area contributed by atoms with E-state index in [1.54, 1.807) is 0 Å². The first-order valence-electron chi connectivity index (χ1n) is 18.6. The van der Waals surface area contributed by atoms with Gasteiger partial charge in [0, 0.05) is 31.8 Å². The van der Waals surface area contributed by atoms with Gasteiger partial charge in [-0.3, -0.25) is 37.8 Å². The van der Waals surface area contributed by atoms with Crippen molar-refractivity contribution in [3.63, 3.8) is 0 Å². The quantitative estimate of drug-likeness (QED) is 0.0543. The summed E-state index contributed by atoms with van der Waals surface area (Å²) in [5, 5.41) is 20.0. The molecule has 0 aliphatic carbocycles. The summed E-state index contributed by atoms with van der Waals surface area (Å²) in [5.41, 5.74) is 7.00. The van der Waals surface area contributed by atoms with Gasteiger partial charge < -0.3 is 46.9 Å². The van der Waals surface area contributed by atoms with Gasteiger partial charge in [-0.2, -0.15) is 0 Å². The molecule has 2 aromatic rings. The second-order valence-electron chi connectivity index (χ2n) is 14.1. The van der Waals surface area contributed by atoms with Crippen molar-refractivity contribution in [2.24, 2.45) is 11.7 Å². The first-order chi connectivity index (χ1) is 26.5. The molecule has 0 saturated carbocycles. The van der Waals surface area contributed by atoms with Crippen molar-refractivity contribution in [2.75, 3.05) is 19.8 Å². The number of nitrogens with two attached hydrogens (primary N) is 1. The maximum atomic E-state index is 13.7. The summed E-state index contributed by atoms with van der Waals surface area (Å²) in [7, 11) is -4.72. The number of carbonyl (C=O) groups is 6. The minimum absolute atomic E-state index is 0.0679. The summed E-state index contributed by atoms with van der Waals surface area (Å²) in [6.45, 7) is 5.58. The second kappa shape index (κ2) is 22.2. The summed E-state index contributed by atoms with van der Waals surface area (Å²) >= 11 is 0. The van der Waals surface area contributed by atoms with Crippen molar-refractivity contribution >= 4 is 43.3 Å². The van der Waals surface area contributed by atoms with E-state index in [2.05, 4.69) is 31.2 Å². The number of likely N-dealkylation sites (tertiary alicyclic amines) is 1. The number of hydrogen-bond donors (Lipinski definition) is 8. The predicted molar refractivity (Wildman–Crippen MR) is 202 cm³/mol. The molecule has 1 fully saturated rings. The van der Waals surface area contributed by atoms with Gasteiger partial charge in [-0.25, -0.2) is 9.55 Å². The molecule has 9 N–H and O–H groups in total. The number of aryl methyl sites for hydroxylation is 1. The lowest BCUT2D eigenvalue weighted by molar-refractivity contribution is -0.139. The van der Waals surface area contributed by atoms with E-state index in [1.165, 1.54) is 31.3 Å². The van der Waals surface area contributed by atoms with Crippen LogP contribution in [0.3, 0.4) is 0 Å². The van der Waals surface area contributed by atoms with E-state index in [9.17, 15) is 43.3 Å². The Balaban J connectivity index is 1.65. The Morgan fingerprint density at radius 1 is 0.982 bits per heavy atom. The number of primary amides is 1. The molecule has 2 heterocycles. The first kappa shape index (κ1) is 45.7. The standard InChI is InChI=1S/C36H55N8O11P/c1-22(2)17-27(41-36(51)30-14-10-15-44(30)24(4)46)33(48)40-28(18-26-19-38-21-39-26)34(49)42-29(20-45)35(50)43-31(32(37)47)23(3)55-56(52,53)54-16-9-8-13-25-11-6-5-7-12-25/h5-7,11-12,19,21-23,27-31,45H,8-10,13-18,20H2,1-4H3,(H2,37,47)(H,38,39)(H,40,48)(H,41,51)(H,42,49)(H,43,50)(H,52,53). The van der Waals surface area contributed by atoms with Crippen molar-refractivity contribution in [2.45, 2.75) is 109 Å². The number of hydrogen-bond acceptors (Lipinski definition) is 11. The second-order valence-corrected chi connectivity index (χ2v) is 15.5. The van der Waals surface area contributed by atoms with E-state index in [0.717, 1.165) is 12.0 Å². The summed E-state index contributed by atoms with van der Waals surface area (Å²) in [5.74, 6) is -4.72. The fourth-order valence-electron chi connectivity index (χ4n) is 6.18. The number of aromatic amines is 1. The molecule has 0 radical (unpaired) electrons. The van der Waals surface area contributed by atoms with Crippen LogP contribution in [-0.2, 0) is 55.2 Å². The van der Waals surface area contributed by atoms with Crippen LogP contribution >= 0.6 is 7.82 Å². The third-order valence-electron chi connectivity index (χ3n) is 9.06. The molecule has 1 aromatic heterocycles. The van der Waals surface area contributed by atoms with Crippen LogP contribution in [0.25, 0.3) is 0 Å².